The molecule has 10 heteroatoms. The summed E-state index contributed by atoms with van der Waals surface area (Å²) < 4.78 is 124. The number of rotatable bonds is 1. The average Bonchev–Trinajstić information content (AvgIpc) is 2.59. The van der Waals surface area contributed by atoms with Gasteiger partial charge in [-0.1, -0.05) is 0 Å². The molecular weight excluding hydrogens is 362 g/mol. The van der Waals surface area contributed by atoms with E-state index in [1.54, 1.807) is 0 Å². The van der Waals surface area contributed by atoms with Crippen molar-refractivity contribution >= 4 is 34.3 Å². The van der Waals surface area contributed by atoms with Gasteiger partial charge in [-0.25, -0.2) is 46.3 Å². The molecule has 0 heterocycles. The molecule has 0 nitrogen and oxygen atoms in total. The maximum atomic E-state index is 14.5. The van der Waals surface area contributed by atoms with Gasteiger partial charge in [0.1, 0.15) is 5.82 Å². The Morgan fingerprint density at radius 1 is 0.400 bits per heavy atom. The van der Waals surface area contributed by atoms with Crippen LogP contribution in [0.3, 0.4) is 0 Å². The van der Waals surface area contributed by atoms with E-state index in [9.17, 15) is 39.5 Å². The highest BCUT2D eigenvalue weighted by atomic mass is 19.2. The Morgan fingerprint density at radius 2 is 0.680 bits per heavy atom. The van der Waals surface area contributed by atoms with Crippen LogP contribution >= 0.6 is 0 Å². The van der Waals surface area contributed by atoms with Crippen molar-refractivity contribution in [2.45, 2.75) is 6.82 Å². The lowest BCUT2D eigenvalue weighted by atomic mass is 9.68. The number of hydrogen-bond donors (Lipinski definition) is 0. The van der Waals surface area contributed by atoms with E-state index in [1.807, 2.05) is 0 Å². The van der Waals surface area contributed by atoms with Crippen LogP contribution in [0.1, 0.15) is 0 Å². The molecule has 3 aromatic carbocycles. The first kappa shape index (κ1) is 17.4. The Morgan fingerprint density at radius 3 is 0.960 bits per heavy atom. The molecule has 0 unspecified atom stereocenters. The first-order valence-electron chi connectivity index (χ1n) is 6.57. The predicted octanol–water partition coefficient (Wildman–Crippen LogP) is 4.62. The molecule has 0 aliphatic carbocycles. The molecule has 0 N–H and O–H groups in total. The predicted molar refractivity (Wildman–Crippen MR) is 72.3 cm³/mol. The van der Waals surface area contributed by atoms with Crippen LogP contribution in [0, 0.1) is 52.4 Å². The largest absolute Gasteiger partial charge is 0.299 e. The first-order chi connectivity index (χ1) is 11.6. The normalized spacial score (nSPS) is 11.8. The summed E-state index contributed by atoms with van der Waals surface area (Å²) in [7, 11) is 0.768. The smallest absolute Gasteiger partial charge is 0.198 e. The number of hydrogen-bond acceptors (Lipinski definition) is 0. The number of benzene rings is 3. The highest BCUT2D eigenvalue weighted by molar-refractivity contribution is 6.60. The molecule has 0 spiro atoms. The van der Waals surface area contributed by atoms with Gasteiger partial charge in [0.25, 0.3) is 0 Å². The number of halogens is 9. The monoisotopic (exact) mass is 365 g/mol. The molecule has 130 valence electrons. The van der Waals surface area contributed by atoms with Crippen LogP contribution in [0.15, 0.2) is 0 Å². The van der Waals surface area contributed by atoms with Crippen molar-refractivity contribution in [1.82, 2.24) is 0 Å². The second-order valence-corrected chi connectivity index (χ2v) is 5.03. The summed E-state index contributed by atoms with van der Waals surface area (Å²) >= 11 is 0. The average molecular weight is 365 g/mol. The molecular formula is C15H3BF9-. The summed E-state index contributed by atoms with van der Waals surface area (Å²) in [6.07, 6.45) is 0. The zero-order chi connectivity index (χ0) is 18.8. The zero-order valence-electron chi connectivity index (χ0n) is 12.0. The van der Waals surface area contributed by atoms with E-state index in [0.29, 0.717) is 0 Å². The third-order valence-corrected chi connectivity index (χ3v) is 3.80. The minimum Gasteiger partial charge on any atom is -0.299 e. The minimum atomic E-state index is -2.39. The van der Waals surface area contributed by atoms with E-state index in [4.69, 9.17) is 0 Å². The van der Waals surface area contributed by atoms with Crippen LogP contribution in [0.5, 0.6) is 0 Å². The molecule has 0 saturated heterocycles. The lowest BCUT2D eigenvalue weighted by Gasteiger charge is -2.22. The van der Waals surface area contributed by atoms with Gasteiger partial charge in [0.15, 0.2) is 46.5 Å². The van der Waals surface area contributed by atoms with Gasteiger partial charge < -0.3 is 0 Å². The fourth-order valence-corrected chi connectivity index (χ4v) is 2.72. The van der Waals surface area contributed by atoms with Crippen LogP contribution < -0.4 is 5.46 Å². The van der Waals surface area contributed by atoms with Crippen molar-refractivity contribution in [3.63, 3.8) is 0 Å². The Labute approximate surface area is 134 Å². The molecule has 0 saturated carbocycles. The highest BCUT2D eigenvalue weighted by Crippen LogP contribution is 2.35. The molecule has 0 bridgehead atoms. The van der Waals surface area contributed by atoms with E-state index in [0.717, 1.165) is 14.1 Å². The lowest BCUT2D eigenvalue weighted by Crippen LogP contribution is -2.21. The van der Waals surface area contributed by atoms with Gasteiger partial charge in [-0.3, -0.25) is 12.7 Å². The summed E-state index contributed by atoms with van der Waals surface area (Å²) in [4.78, 5) is 0. The molecule has 0 aromatic heterocycles. The molecule has 2 radical (unpaired) electrons. The van der Waals surface area contributed by atoms with Gasteiger partial charge >= 0.3 is 0 Å². The standard InChI is InChI=1S/C15H3BF9/c1-16-6-2-4(10(20)14(24)12(22)8(2)18)7(17)5-3(6)9(19)13(23)15(25)11(5)21/h1H3/q-1. The van der Waals surface area contributed by atoms with Crippen molar-refractivity contribution in [3.05, 3.63) is 52.4 Å². The van der Waals surface area contributed by atoms with Gasteiger partial charge in [0.05, 0.1) is 10.8 Å². The Hall–Kier alpha value is -2.39. The van der Waals surface area contributed by atoms with E-state index < -0.39 is 79.4 Å². The minimum absolute atomic E-state index is 0.768. The second-order valence-electron chi connectivity index (χ2n) is 5.03. The number of fused-ring (bicyclic) bond motifs is 2. The van der Waals surface area contributed by atoms with Gasteiger partial charge in [0.2, 0.25) is 0 Å². The van der Waals surface area contributed by atoms with Crippen LogP contribution in [0.2, 0.25) is 6.82 Å². The van der Waals surface area contributed by atoms with E-state index in [1.165, 1.54) is 0 Å². The fraction of sp³-hybridized carbons (Fsp3) is 0.0667. The van der Waals surface area contributed by atoms with Crippen molar-refractivity contribution in [2.75, 3.05) is 0 Å². The highest BCUT2D eigenvalue weighted by Gasteiger charge is 2.29. The second kappa shape index (κ2) is 5.57. The van der Waals surface area contributed by atoms with Crippen LogP contribution in [0.4, 0.5) is 39.5 Å². The molecule has 0 aliphatic rings. The Bertz CT molecular complexity index is 994. The van der Waals surface area contributed by atoms with Gasteiger partial charge in [-0.15, -0.1) is 0 Å². The summed E-state index contributed by atoms with van der Waals surface area (Å²) in [5.41, 5.74) is -0.864. The Balaban J connectivity index is 2.84. The van der Waals surface area contributed by atoms with Crippen LogP contribution in [0.25, 0.3) is 21.5 Å². The lowest BCUT2D eigenvalue weighted by molar-refractivity contribution is 0.413. The maximum Gasteiger partial charge on any atom is 0.198 e. The summed E-state index contributed by atoms with van der Waals surface area (Å²) in [5.74, 6) is -20.2. The molecule has 0 amide bonds. The fourth-order valence-electron chi connectivity index (χ4n) is 2.72. The molecule has 3 rings (SSSR count). The van der Waals surface area contributed by atoms with Gasteiger partial charge in [-0.2, -0.15) is 0 Å². The van der Waals surface area contributed by atoms with Gasteiger partial charge in [-0.05, 0) is 10.8 Å². The molecule has 0 fully saturated rings. The maximum absolute atomic E-state index is 14.5. The van der Waals surface area contributed by atoms with Crippen molar-refractivity contribution in [1.29, 1.82) is 0 Å². The van der Waals surface area contributed by atoms with E-state index >= 15 is 0 Å². The zero-order valence-corrected chi connectivity index (χ0v) is 12.0. The first-order valence-corrected chi connectivity index (χ1v) is 6.57. The summed E-state index contributed by atoms with van der Waals surface area (Å²) in [5, 5.41) is -5.65. The molecule has 3 aromatic rings. The van der Waals surface area contributed by atoms with Crippen LogP contribution in [-0.4, -0.2) is 7.28 Å². The third-order valence-electron chi connectivity index (χ3n) is 3.80. The Kier molecular flexibility index (Phi) is 3.88. The topological polar surface area (TPSA) is 0 Å². The molecule has 25 heavy (non-hydrogen) atoms. The SMILES string of the molecule is C[B-]c1c2c(F)c(F)c(F)c(F)c2c(F)c2c(F)c(F)c(F)c(F)c12. The van der Waals surface area contributed by atoms with Crippen molar-refractivity contribution < 1.29 is 39.5 Å². The summed E-state index contributed by atoms with van der Waals surface area (Å²) in [6, 6.07) is 0. The molecule has 0 atom stereocenters. The quantitative estimate of drug-likeness (QED) is 0.194. The van der Waals surface area contributed by atoms with Gasteiger partial charge in [0, 0.05) is 0 Å². The molecule has 0 aliphatic heterocycles. The van der Waals surface area contributed by atoms with E-state index in [2.05, 4.69) is 0 Å². The third kappa shape index (κ3) is 2.05. The van der Waals surface area contributed by atoms with Crippen LogP contribution in [-0.2, 0) is 0 Å². The van der Waals surface area contributed by atoms with Crippen molar-refractivity contribution in [2.24, 2.45) is 0 Å². The van der Waals surface area contributed by atoms with E-state index in [-0.39, 0.29) is 0 Å². The van der Waals surface area contributed by atoms with Crippen molar-refractivity contribution in [3.8, 4) is 0 Å². The summed E-state index contributed by atoms with van der Waals surface area (Å²) in [6.45, 7) is 1.06.